The van der Waals surface area contributed by atoms with Crippen molar-refractivity contribution in [3.05, 3.63) is 47.3 Å². The number of nitrogen functional groups attached to an aromatic ring is 1. The Morgan fingerprint density at radius 3 is 2.48 bits per heavy atom. The molecule has 0 amide bonds. The summed E-state index contributed by atoms with van der Waals surface area (Å²) in [4.78, 5) is 4.96. The van der Waals surface area contributed by atoms with E-state index in [0.29, 0.717) is 0 Å². The van der Waals surface area contributed by atoms with E-state index >= 15 is 0 Å². The van der Waals surface area contributed by atoms with Crippen molar-refractivity contribution in [2.24, 2.45) is 4.99 Å². The van der Waals surface area contributed by atoms with Gasteiger partial charge in [-0.25, -0.2) is 13.8 Å². The summed E-state index contributed by atoms with van der Waals surface area (Å²) in [6.07, 6.45) is -2.05. The summed E-state index contributed by atoms with van der Waals surface area (Å²) in [5.41, 5.74) is 5.84. The van der Waals surface area contributed by atoms with Crippen LogP contribution in [0.3, 0.4) is 0 Å². The second-order valence-corrected chi connectivity index (χ2v) is 5.79. The molecule has 3 N–H and O–H groups in total. The fraction of sp³-hybridized carbons (Fsp3) is 0.294. The van der Waals surface area contributed by atoms with E-state index in [2.05, 4.69) is 16.4 Å². The number of hydrogen-bond acceptors (Lipinski definition) is 5. The van der Waals surface area contributed by atoms with Crippen molar-refractivity contribution in [2.75, 3.05) is 18.8 Å². The number of ether oxygens (including phenoxy) is 1. The fourth-order valence-electron chi connectivity index (χ4n) is 2.45. The zero-order valence-electron chi connectivity index (χ0n) is 14.3. The van der Waals surface area contributed by atoms with Crippen molar-refractivity contribution in [1.82, 2.24) is 4.90 Å². The maximum atomic E-state index is 13.1. The molecule has 0 spiro atoms. The van der Waals surface area contributed by atoms with Crippen molar-refractivity contribution in [2.45, 2.75) is 19.2 Å². The first-order valence-corrected chi connectivity index (χ1v) is 7.68. The lowest BCUT2D eigenvalue weighted by atomic mass is 9.99. The average Bonchev–Trinajstić information content (AvgIpc) is 2.54. The normalized spacial score (nSPS) is 17.3. The van der Waals surface area contributed by atoms with Gasteiger partial charge in [0.1, 0.15) is 11.6 Å². The summed E-state index contributed by atoms with van der Waals surface area (Å²) in [5, 5.41) is 8.26. The Balaban J connectivity index is 2.30. The smallest absolute Gasteiger partial charge is 0.406 e. The van der Waals surface area contributed by atoms with E-state index in [9.17, 15) is 22.0 Å². The number of allylic oxidation sites excluding steroid dienone is 3. The molecule has 10 heteroatoms. The molecule has 2 rings (SSSR count). The average molecular weight is 388 g/mol. The first-order chi connectivity index (χ1) is 12.5. The Hall–Kier alpha value is -2.91. The lowest BCUT2D eigenvalue weighted by molar-refractivity contribution is -0.274. The Morgan fingerprint density at radius 2 is 2.00 bits per heavy atom. The molecule has 0 unspecified atom stereocenters. The number of anilines is 1. The van der Waals surface area contributed by atoms with Gasteiger partial charge in [-0.2, -0.15) is 0 Å². The van der Waals surface area contributed by atoms with E-state index in [1.54, 1.807) is 6.92 Å². The highest BCUT2D eigenvalue weighted by molar-refractivity contribution is 6.15. The number of benzene rings is 1. The molecule has 0 bridgehead atoms. The zero-order valence-corrected chi connectivity index (χ0v) is 14.3. The maximum absolute atomic E-state index is 13.1. The summed E-state index contributed by atoms with van der Waals surface area (Å²) in [6.45, 7) is 3.86. The van der Waals surface area contributed by atoms with Crippen LogP contribution in [0.15, 0.2) is 46.7 Å². The summed E-state index contributed by atoms with van der Waals surface area (Å²) in [6, 6.07) is 3.20. The molecule has 0 radical (unpaired) electrons. The SMILES string of the molecule is C=N/C(=C\C(=C/C)C(=N)c1cc(OC(F)(F)F)ccc1N)N1CC(F)(F)C1. The van der Waals surface area contributed by atoms with Gasteiger partial charge in [0.2, 0.25) is 0 Å². The summed E-state index contributed by atoms with van der Waals surface area (Å²) in [7, 11) is 0. The molecule has 1 aromatic rings. The quantitative estimate of drug-likeness (QED) is 0.335. The van der Waals surface area contributed by atoms with E-state index in [-0.39, 0.29) is 28.4 Å². The Kier molecular flexibility index (Phi) is 5.57. The number of alkyl halides is 5. The molecule has 1 aliphatic rings. The number of nitrogens with zero attached hydrogens (tertiary/aromatic N) is 2. The molecule has 0 aromatic heterocycles. The van der Waals surface area contributed by atoms with Crippen molar-refractivity contribution >= 4 is 18.1 Å². The number of nitrogens with two attached hydrogens (primary N) is 1. The molecule has 27 heavy (non-hydrogen) atoms. The topological polar surface area (TPSA) is 74.7 Å². The second-order valence-electron chi connectivity index (χ2n) is 5.79. The third-order valence-corrected chi connectivity index (χ3v) is 3.74. The van der Waals surface area contributed by atoms with Gasteiger partial charge in [0.05, 0.1) is 18.8 Å². The highest BCUT2D eigenvalue weighted by Gasteiger charge is 2.44. The molecule has 1 heterocycles. The maximum Gasteiger partial charge on any atom is 0.573 e. The lowest BCUT2D eigenvalue weighted by Crippen LogP contribution is -2.55. The van der Waals surface area contributed by atoms with Gasteiger partial charge in [-0.15, -0.1) is 13.2 Å². The molecule has 1 aliphatic heterocycles. The Labute approximate surface area is 152 Å². The van der Waals surface area contributed by atoms with Crippen molar-refractivity contribution in [3.8, 4) is 5.75 Å². The lowest BCUT2D eigenvalue weighted by Gasteiger charge is -2.40. The number of rotatable bonds is 6. The van der Waals surface area contributed by atoms with Crippen LogP contribution in [0.25, 0.3) is 0 Å². The van der Waals surface area contributed by atoms with E-state index in [1.807, 2.05) is 0 Å². The van der Waals surface area contributed by atoms with Gasteiger partial charge >= 0.3 is 6.36 Å². The predicted molar refractivity (Wildman–Crippen MR) is 92.3 cm³/mol. The third-order valence-electron chi connectivity index (χ3n) is 3.74. The van der Waals surface area contributed by atoms with Gasteiger partial charge in [0.25, 0.3) is 5.92 Å². The van der Waals surface area contributed by atoms with Gasteiger partial charge in [0.15, 0.2) is 0 Å². The first kappa shape index (κ1) is 20.4. The minimum atomic E-state index is -4.89. The van der Waals surface area contributed by atoms with Crippen LogP contribution in [-0.2, 0) is 0 Å². The van der Waals surface area contributed by atoms with Gasteiger partial charge in [-0.1, -0.05) is 6.08 Å². The molecular formula is C17H17F5N4O. The van der Waals surface area contributed by atoms with Crippen LogP contribution in [-0.4, -0.2) is 42.7 Å². The van der Waals surface area contributed by atoms with Crippen LogP contribution in [0.4, 0.5) is 27.6 Å². The molecule has 0 aliphatic carbocycles. The summed E-state index contributed by atoms with van der Waals surface area (Å²) >= 11 is 0. The number of halogens is 5. The van der Waals surface area contributed by atoms with Crippen molar-refractivity contribution in [3.63, 3.8) is 0 Å². The molecule has 1 saturated heterocycles. The highest BCUT2D eigenvalue weighted by Crippen LogP contribution is 2.32. The zero-order chi connectivity index (χ0) is 20.4. The number of hydrogen-bond donors (Lipinski definition) is 2. The van der Waals surface area contributed by atoms with E-state index < -0.39 is 31.1 Å². The largest absolute Gasteiger partial charge is 0.573 e. The molecule has 1 fully saturated rings. The number of aliphatic imine (C=N–C) groups is 1. The van der Waals surface area contributed by atoms with E-state index in [1.165, 1.54) is 23.1 Å². The van der Waals surface area contributed by atoms with Crippen LogP contribution in [0.2, 0.25) is 0 Å². The molecule has 0 atom stereocenters. The Morgan fingerprint density at radius 1 is 1.37 bits per heavy atom. The standard InChI is InChI=1S/C17H17F5N4O/c1-3-10(6-14(25-2)26-8-16(18,19)9-26)15(24)12-7-11(4-5-13(12)23)27-17(20,21)22/h3-7,24H,2,8-9,23H2,1H3/b10-3+,14-6+,24-15?. The fourth-order valence-corrected chi connectivity index (χ4v) is 2.45. The number of likely N-dealkylation sites (tertiary alicyclic amines) is 1. The van der Waals surface area contributed by atoms with Crippen LogP contribution in [0, 0.1) is 5.41 Å². The van der Waals surface area contributed by atoms with E-state index in [4.69, 9.17) is 11.1 Å². The molecule has 0 saturated carbocycles. The van der Waals surface area contributed by atoms with Crippen LogP contribution < -0.4 is 10.5 Å². The van der Waals surface area contributed by atoms with Gasteiger partial charge < -0.3 is 15.4 Å². The number of nitrogens with one attached hydrogen (secondary N) is 1. The highest BCUT2D eigenvalue weighted by atomic mass is 19.4. The van der Waals surface area contributed by atoms with Crippen LogP contribution in [0.1, 0.15) is 12.5 Å². The first-order valence-electron chi connectivity index (χ1n) is 7.68. The van der Waals surface area contributed by atoms with Crippen LogP contribution >= 0.6 is 0 Å². The third kappa shape index (κ3) is 5.05. The summed E-state index contributed by atoms with van der Waals surface area (Å²) in [5.74, 6) is -3.22. The van der Waals surface area contributed by atoms with Gasteiger partial charge in [-0.05, 0) is 43.5 Å². The minimum Gasteiger partial charge on any atom is -0.406 e. The monoisotopic (exact) mass is 388 g/mol. The molecular weight excluding hydrogens is 371 g/mol. The van der Waals surface area contributed by atoms with Gasteiger partial charge in [0, 0.05) is 11.3 Å². The van der Waals surface area contributed by atoms with Gasteiger partial charge in [-0.3, -0.25) is 5.41 Å². The molecule has 146 valence electrons. The minimum absolute atomic E-state index is 0.00143. The molecule has 1 aromatic carbocycles. The molecule has 5 nitrogen and oxygen atoms in total. The second kappa shape index (κ2) is 7.37. The van der Waals surface area contributed by atoms with E-state index in [0.717, 1.165) is 12.1 Å². The predicted octanol–water partition coefficient (Wildman–Crippen LogP) is 3.97. The van der Waals surface area contributed by atoms with Crippen LogP contribution in [0.5, 0.6) is 5.75 Å². The summed E-state index contributed by atoms with van der Waals surface area (Å²) < 4.78 is 67.1. The Bertz CT molecular complexity index is 806. The van der Waals surface area contributed by atoms with Crippen molar-refractivity contribution in [1.29, 1.82) is 5.41 Å². The van der Waals surface area contributed by atoms with Crippen molar-refractivity contribution < 1.29 is 26.7 Å².